The Kier molecular flexibility index (Phi) is 5.82. The molecule has 6 heteroatoms. The second-order valence-corrected chi connectivity index (χ2v) is 2.39. The molecule has 0 fully saturated rings. The van der Waals surface area contributed by atoms with Crippen LogP contribution in [0.1, 0.15) is 13.8 Å². The molecule has 0 saturated carbocycles. The van der Waals surface area contributed by atoms with Crippen molar-refractivity contribution in [2.45, 2.75) is 26.1 Å². The van der Waals surface area contributed by atoms with E-state index in [1.54, 1.807) is 0 Å². The summed E-state index contributed by atoms with van der Waals surface area (Å²) in [5.41, 5.74) is 0. The van der Waals surface area contributed by atoms with E-state index in [4.69, 9.17) is 0 Å². The van der Waals surface area contributed by atoms with Gasteiger partial charge in [0, 0.05) is 13.2 Å². The normalized spacial score (nSPS) is 14.7. The summed E-state index contributed by atoms with van der Waals surface area (Å²) in [5, 5.41) is 21.0. The maximum atomic E-state index is 10.5. The third-order valence-electron chi connectivity index (χ3n) is 1.43. The third-order valence-corrected chi connectivity index (χ3v) is 1.43. The third kappa shape index (κ3) is 3.71. The van der Waals surface area contributed by atoms with Gasteiger partial charge in [-0.1, -0.05) is 0 Å². The first-order valence-corrected chi connectivity index (χ1v) is 4.19. The number of carboxylic acid groups (broad SMARTS) is 2. The number of carbonyl (C=O) groups is 2. The summed E-state index contributed by atoms with van der Waals surface area (Å²) in [6.45, 7) is 3.17. The molecule has 0 aliphatic carbocycles. The summed E-state index contributed by atoms with van der Waals surface area (Å²) < 4.78 is 9.34. The number of ether oxygens (including phenoxy) is 2. The van der Waals surface area contributed by atoms with E-state index in [0.29, 0.717) is 0 Å². The maximum absolute atomic E-state index is 10.5. The Hall–Kier alpha value is -1.14. The monoisotopic (exact) mass is 204 g/mol. The fraction of sp³-hybridized carbons (Fsp3) is 0.750. The van der Waals surface area contributed by atoms with E-state index in [9.17, 15) is 19.8 Å². The van der Waals surface area contributed by atoms with Gasteiger partial charge in [0.2, 0.25) is 0 Å². The topological polar surface area (TPSA) is 98.7 Å². The highest BCUT2D eigenvalue weighted by Crippen LogP contribution is 2.03. The molecule has 0 aromatic carbocycles. The molecule has 0 unspecified atom stereocenters. The number of carbonyl (C=O) groups excluding carboxylic acids is 2. The summed E-state index contributed by atoms with van der Waals surface area (Å²) in [5.74, 6) is -3.26. The number of hydrogen-bond donors (Lipinski definition) is 0. The Morgan fingerprint density at radius 1 is 1.00 bits per heavy atom. The lowest BCUT2D eigenvalue weighted by Gasteiger charge is -2.27. The van der Waals surface area contributed by atoms with Crippen molar-refractivity contribution in [2.75, 3.05) is 13.2 Å². The molecular formula is C8H12O6-2. The molecule has 0 rings (SSSR count). The van der Waals surface area contributed by atoms with Crippen LogP contribution in [0.5, 0.6) is 0 Å². The Morgan fingerprint density at radius 2 is 1.29 bits per heavy atom. The van der Waals surface area contributed by atoms with Crippen molar-refractivity contribution < 1.29 is 29.3 Å². The van der Waals surface area contributed by atoms with E-state index in [2.05, 4.69) is 9.47 Å². The maximum Gasteiger partial charge on any atom is 0.128 e. The van der Waals surface area contributed by atoms with Gasteiger partial charge in [0.25, 0.3) is 0 Å². The molecule has 0 amide bonds. The van der Waals surface area contributed by atoms with Gasteiger partial charge < -0.3 is 29.3 Å². The predicted octanol–water partition coefficient (Wildman–Crippen LogP) is -2.70. The first kappa shape index (κ1) is 12.9. The lowest BCUT2D eigenvalue weighted by atomic mass is 10.2. The molecule has 2 atom stereocenters. The highest BCUT2D eigenvalue weighted by molar-refractivity contribution is 5.81. The van der Waals surface area contributed by atoms with Crippen molar-refractivity contribution in [3.63, 3.8) is 0 Å². The first-order valence-electron chi connectivity index (χ1n) is 4.19. The molecule has 0 aromatic heterocycles. The van der Waals surface area contributed by atoms with Gasteiger partial charge in [-0.15, -0.1) is 0 Å². The standard InChI is InChI=1S/C8H14O6/c1-3-13-5(7(9)10)6(8(11)12)14-4-2/h5-6H,3-4H2,1-2H3,(H,9,10)(H,11,12)/p-2/t5-,6-/m0/s1. The molecule has 0 aliphatic rings. The quantitative estimate of drug-likeness (QED) is 0.447. The van der Waals surface area contributed by atoms with Crippen LogP contribution in [0.2, 0.25) is 0 Å². The van der Waals surface area contributed by atoms with E-state index in [0.717, 1.165) is 0 Å². The fourth-order valence-electron chi connectivity index (χ4n) is 0.917. The van der Waals surface area contributed by atoms with Crippen LogP contribution in [0.25, 0.3) is 0 Å². The minimum Gasteiger partial charge on any atom is -0.547 e. The van der Waals surface area contributed by atoms with Crippen molar-refractivity contribution in [3.05, 3.63) is 0 Å². The van der Waals surface area contributed by atoms with Gasteiger partial charge >= 0.3 is 0 Å². The molecule has 82 valence electrons. The number of carboxylic acids is 2. The Morgan fingerprint density at radius 3 is 1.43 bits per heavy atom. The van der Waals surface area contributed by atoms with Crippen molar-refractivity contribution in [3.8, 4) is 0 Å². The summed E-state index contributed by atoms with van der Waals surface area (Å²) >= 11 is 0. The molecule has 0 aromatic rings. The van der Waals surface area contributed by atoms with E-state index in [1.807, 2.05) is 0 Å². The van der Waals surface area contributed by atoms with Crippen LogP contribution < -0.4 is 10.2 Å². The SMILES string of the molecule is CCO[C@H](C(=O)[O-])[C@H](OCC)C(=O)[O-]. The van der Waals surface area contributed by atoms with Crippen LogP contribution in [0, 0.1) is 0 Å². The van der Waals surface area contributed by atoms with E-state index in [1.165, 1.54) is 13.8 Å². The molecule has 0 aliphatic heterocycles. The Bertz CT molecular complexity index is 180. The average Bonchev–Trinajstić information content (AvgIpc) is 2.10. The zero-order valence-electron chi connectivity index (χ0n) is 8.02. The van der Waals surface area contributed by atoms with Crippen LogP contribution >= 0.6 is 0 Å². The second kappa shape index (κ2) is 6.33. The van der Waals surface area contributed by atoms with Crippen LogP contribution in [-0.4, -0.2) is 37.4 Å². The minimum atomic E-state index is -1.63. The molecule has 0 bridgehead atoms. The molecule has 6 nitrogen and oxygen atoms in total. The van der Waals surface area contributed by atoms with Gasteiger partial charge in [0.05, 0.1) is 11.9 Å². The largest absolute Gasteiger partial charge is 0.547 e. The lowest BCUT2D eigenvalue weighted by Crippen LogP contribution is -2.53. The smallest absolute Gasteiger partial charge is 0.128 e. The van der Waals surface area contributed by atoms with E-state index >= 15 is 0 Å². The Balaban J connectivity index is 4.54. The minimum absolute atomic E-state index is 0.0511. The summed E-state index contributed by atoms with van der Waals surface area (Å²) in [7, 11) is 0. The van der Waals surface area contributed by atoms with Crippen molar-refractivity contribution in [1.29, 1.82) is 0 Å². The second-order valence-electron chi connectivity index (χ2n) is 2.39. The van der Waals surface area contributed by atoms with Crippen molar-refractivity contribution in [1.82, 2.24) is 0 Å². The van der Waals surface area contributed by atoms with Crippen molar-refractivity contribution in [2.24, 2.45) is 0 Å². The molecule has 0 heterocycles. The molecule has 0 spiro atoms. The van der Waals surface area contributed by atoms with Crippen LogP contribution in [0.3, 0.4) is 0 Å². The van der Waals surface area contributed by atoms with Crippen LogP contribution in [-0.2, 0) is 19.1 Å². The highest BCUT2D eigenvalue weighted by atomic mass is 16.6. The predicted molar refractivity (Wildman–Crippen MR) is 40.8 cm³/mol. The first-order chi connectivity index (χ1) is 6.54. The van der Waals surface area contributed by atoms with Gasteiger partial charge in [-0.05, 0) is 13.8 Å². The summed E-state index contributed by atoms with van der Waals surface area (Å²) in [4.78, 5) is 21.0. The average molecular weight is 204 g/mol. The molecular weight excluding hydrogens is 192 g/mol. The van der Waals surface area contributed by atoms with E-state index in [-0.39, 0.29) is 13.2 Å². The number of rotatable bonds is 7. The lowest BCUT2D eigenvalue weighted by molar-refractivity contribution is -0.337. The zero-order valence-corrected chi connectivity index (χ0v) is 8.02. The molecule has 0 radical (unpaired) electrons. The van der Waals surface area contributed by atoms with Crippen molar-refractivity contribution >= 4 is 11.9 Å². The highest BCUT2D eigenvalue weighted by Gasteiger charge is 2.24. The molecule has 0 N–H and O–H groups in total. The van der Waals surface area contributed by atoms with Gasteiger partial charge in [0.1, 0.15) is 12.2 Å². The fourth-order valence-corrected chi connectivity index (χ4v) is 0.917. The molecule has 0 saturated heterocycles. The number of hydrogen-bond acceptors (Lipinski definition) is 6. The van der Waals surface area contributed by atoms with Gasteiger partial charge in [-0.2, -0.15) is 0 Å². The van der Waals surface area contributed by atoms with Gasteiger partial charge in [0.15, 0.2) is 0 Å². The summed E-state index contributed by atoms with van der Waals surface area (Å²) in [6.07, 6.45) is -3.27. The molecule has 14 heavy (non-hydrogen) atoms. The van der Waals surface area contributed by atoms with Gasteiger partial charge in [-0.25, -0.2) is 0 Å². The van der Waals surface area contributed by atoms with Crippen LogP contribution in [0.4, 0.5) is 0 Å². The van der Waals surface area contributed by atoms with Crippen LogP contribution in [0.15, 0.2) is 0 Å². The Labute approximate surface area is 81.4 Å². The summed E-state index contributed by atoms with van der Waals surface area (Å²) in [6, 6.07) is 0. The zero-order chi connectivity index (χ0) is 11.1. The van der Waals surface area contributed by atoms with E-state index < -0.39 is 24.1 Å². The number of aliphatic carboxylic acids is 2. The van der Waals surface area contributed by atoms with Gasteiger partial charge in [-0.3, -0.25) is 0 Å².